The minimum atomic E-state index is -0.253. The fraction of sp³-hybridized carbons (Fsp3) is 0.250. The molecule has 114 valence electrons. The quantitative estimate of drug-likeness (QED) is 0.903. The van der Waals surface area contributed by atoms with Gasteiger partial charge in [0.05, 0.1) is 24.9 Å². The lowest BCUT2D eigenvalue weighted by Crippen LogP contribution is -2.32. The van der Waals surface area contributed by atoms with Gasteiger partial charge in [0.1, 0.15) is 23.9 Å². The van der Waals surface area contributed by atoms with Crippen molar-refractivity contribution in [2.45, 2.75) is 6.42 Å². The summed E-state index contributed by atoms with van der Waals surface area (Å²) in [6.45, 7) is 0.355. The van der Waals surface area contributed by atoms with Gasteiger partial charge in [-0.15, -0.1) is 0 Å². The summed E-state index contributed by atoms with van der Waals surface area (Å²) in [5.41, 5.74) is 7.12. The van der Waals surface area contributed by atoms with Gasteiger partial charge in [0.15, 0.2) is 0 Å². The second-order valence-corrected chi connectivity index (χ2v) is 5.15. The van der Waals surface area contributed by atoms with Crippen LogP contribution in [0.2, 0.25) is 0 Å². The van der Waals surface area contributed by atoms with Crippen molar-refractivity contribution in [2.75, 3.05) is 24.8 Å². The Balaban J connectivity index is 1.70. The lowest BCUT2D eigenvalue weighted by atomic mass is 9.95. The summed E-state index contributed by atoms with van der Waals surface area (Å²) >= 11 is 0. The highest BCUT2D eigenvalue weighted by atomic mass is 16.5. The molecule has 0 fully saturated rings. The van der Waals surface area contributed by atoms with Gasteiger partial charge in [-0.05, 0) is 42.3 Å². The smallest absolute Gasteiger partial charge is 0.231 e. The monoisotopic (exact) mass is 299 g/mol. The first kappa shape index (κ1) is 14.2. The van der Waals surface area contributed by atoms with E-state index >= 15 is 0 Å². The molecule has 0 bridgehead atoms. The van der Waals surface area contributed by atoms with E-state index in [-0.39, 0.29) is 11.8 Å². The first-order chi connectivity index (χ1) is 10.7. The number of benzene rings is 1. The molecule has 1 aromatic heterocycles. The van der Waals surface area contributed by atoms with Gasteiger partial charge in [-0.25, -0.2) is 4.98 Å². The minimum absolute atomic E-state index is 0.0972. The Labute approximate surface area is 128 Å². The number of anilines is 2. The number of nitrogens with two attached hydrogens (primary N) is 1. The third-order valence-corrected chi connectivity index (χ3v) is 3.60. The predicted octanol–water partition coefficient (Wildman–Crippen LogP) is 1.86. The van der Waals surface area contributed by atoms with Crippen molar-refractivity contribution in [3.8, 4) is 11.5 Å². The first-order valence-electron chi connectivity index (χ1n) is 6.98. The van der Waals surface area contributed by atoms with Crippen LogP contribution in [0, 0.1) is 5.92 Å². The van der Waals surface area contributed by atoms with Crippen molar-refractivity contribution in [1.29, 1.82) is 0 Å². The Morgan fingerprint density at radius 2 is 2.27 bits per heavy atom. The summed E-state index contributed by atoms with van der Waals surface area (Å²) in [7, 11) is 1.61. The zero-order valence-electron chi connectivity index (χ0n) is 12.2. The lowest BCUT2D eigenvalue weighted by molar-refractivity contribution is -0.121. The molecular weight excluding hydrogens is 282 g/mol. The van der Waals surface area contributed by atoms with Crippen LogP contribution in [0.5, 0.6) is 11.5 Å². The van der Waals surface area contributed by atoms with Crippen LogP contribution in [-0.2, 0) is 11.2 Å². The summed E-state index contributed by atoms with van der Waals surface area (Å²) in [5, 5.41) is 2.83. The molecule has 1 aliphatic rings. The van der Waals surface area contributed by atoms with E-state index in [0.29, 0.717) is 24.5 Å². The van der Waals surface area contributed by atoms with E-state index in [4.69, 9.17) is 15.2 Å². The molecule has 1 aromatic carbocycles. The molecule has 2 aromatic rings. The maximum absolute atomic E-state index is 12.3. The van der Waals surface area contributed by atoms with E-state index in [9.17, 15) is 4.79 Å². The standard InChI is InChI=1S/C16H17N3O3/c1-21-13-3-4-14-10(7-13)6-11(9-22-14)16(20)19-12-2-5-15(17)18-8-12/h2-5,7-8,11H,6,9H2,1H3,(H2,17,18)(H,19,20). The van der Waals surface area contributed by atoms with Crippen molar-refractivity contribution < 1.29 is 14.3 Å². The van der Waals surface area contributed by atoms with Crippen LogP contribution in [-0.4, -0.2) is 24.6 Å². The second-order valence-electron chi connectivity index (χ2n) is 5.15. The molecule has 3 N–H and O–H groups in total. The number of fused-ring (bicyclic) bond motifs is 1. The van der Waals surface area contributed by atoms with Crippen molar-refractivity contribution in [2.24, 2.45) is 5.92 Å². The minimum Gasteiger partial charge on any atom is -0.497 e. The van der Waals surface area contributed by atoms with Gasteiger partial charge in [-0.1, -0.05) is 0 Å². The number of amides is 1. The third-order valence-electron chi connectivity index (χ3n) is 3.60. The maximum atomic E-state index is 12.3. The summed E-state index contributed by atoms with van der Waals surface area (Å²) in [6.07, 6.45) is 2.15. The second kappa shape index (κ2) is 5.93. The zero-order valence-corrected chi connectivity index (χ0v) is 12.2. The number of nitrogens with zero attached hydrogens (tertiary/aromatic N) is 1. The Hall–Kier alpha value is -2.76. The van der Waals surface area contributed by atoms with Gasteiger partial charge in [0, 0.05) is 0 Å². The number of aromatic nitrogens is 1. The highest BCUT2D eigenvalue weighted by Gasteiger charge is 2.26. The molecule has 1 unspecified atom stereocenters. The molecule has 22 heavy (non-hydrogen) atoms. The number of carbonyl (C=O) groups is 1. The normalized spacial score (nSPS) is 16.3. The molecule has 0 aliphatic carbocycles. The number of nitrogen functional groups attached to an aromatic ring is 1. The van der Waals surface area contributed by atoms with E-state index in [1.165, 1.54) is 6.20 Å². The summed E-state index contributed by atoms with van der Waals surface area (Å²) in [5.74, 6) is 1.63. The third kappa shape index (κ3) is 2.95. The maximum Gasteiger partial charge on any atom is 0.231 e. The Morgan fingerprint density at radius 1 is 1.41 bits per heavy atom. The highest BCUT2D eigenvalue weighted by molar-refractivity contribution is 5.93. The summed E-state index contributed by atoms with van der Waals surface area (Å²) in [6, 6.07) is 8.99. The number of nitrogens with one attached hydrogen (secondary N) is 1. The molecule has 2 heterocycles. The fourth-order valence-electron chi connectivity index (χ4n) is 2.39. The first-order valence-corrected chi connectivity index (χ1v) is 6.98. The molecule has 0 saturated heterocycles. The van der Waals surface area contributed by atoms with Crippen LogP contribution in [0.4, 0.5) is 11.5 Å². The Morgan fingerprint density at radius 3 is 3.00 bits per heavy atom. The number of methoxy groups -OCH3 is 1. The van der Waals surface area contributed by atoms with Crippen LogP contribution < -0.4 is 20.5 Å². The number of carbonyl (C=O) groups excluding carboxylic acids is 1. The van der Waals surface area contributed by atoms with Gasteiger partial charge in [0.2, 0.25) is 5.91 Å². The van der Waals surface area contributed by atoms with Gasteiger partial charge in [-0.3, -0.25) is 4.79 Å². The molecular formula is C16H17N3O3. The molecule has 0 spiro atoms. The molecule has 3 rings (SSSR count). The van der Waals surface area contributed by atoms with E-state index in [0.717, 1.165) is 17.1 Å². The SMILES string of the molecule is COc1ccc2c(c1)CC(C(=O)Nc1ccc(N)nc1)CO2. The van der Waals surface area contributed by atoms with Crippen LogP contribution in [0.15, 0.2) is 36.5 Å². The Kier molecular flexibility index (Phi) is 3.82. The van der Waals surface area contributed by atoms with Gasteiger partial charge in [0.25, 0.3) is 0 Å². The van der Waals surface area contributed by atoms with Crippen molar-refractivity contribution in [3.05, 3.63) is 42.1 Å². The summed E-state index contributed by atoms with van der Waals surface area (Å²) < 4.78 is 10.9. The topological polar surface area (TPSA) is 86.5 Å². The van der Waals surface area contributed by atoms with Gasteiger partial charge in [-0.2, -0.15) is 0 Å². The number of rotatable bonds is 3. The molecule has 0 saturated carbocycles. The molecule has 1 amide bonds. The number of hydrogen-bond acceptors (Lipinski definition) is 5. The fourth-order valence-corrected chi connectivity index (χ4v) is 2.39. The van der Waals surface area contributed by atoms with Crippen LogP contribution in [0.3, 0.4) is 0 Å². The lowest BCUT2D eigenvalue weighted by Gasteiger charge is -2.25. The number of ether oxygens (including phenoxy) is 2. The van der Waals surface area contributed by atoms with E-state index in [1.807, 2.05) is 18.2 Å². The van der Waals surface area contributed by atoms with Crippen LogP contribution >= 0.6 is 0 Å². The predicted molar refractivity (Wildman–Crippen MR) is 83.0 cm³/mol. The molecule has 6 nitrogen and oxygen atoms in total. The number of pyridine rings is 1. The van der Waals surface area contributed by atoms with Crippen LogP contribution in [0.25, 0.3) is 0 Å². The largest absolute Gasteiger partial charge is 0.497 e. The molecule has 6 heteroatoms. The average Bonchev–Trinajstić information content (AvgIpc) is 2.55. The van der Waals surface area contributed by atoms with Gasteiger partial charge >= 0.3 is 0 Å². The molecule has 1 atom stereocenters. The van der Waals surface area contributed by atoms with E-state index in [2.05, 4.69) is 10.3 Å². The van der Waals surface area contributed by atoms with Gasteiger partial charge < -0.3 is 20.5 Å². The summed E-state index contributed by atoms with van der Waals surface area (Å²) in [4.78, 5) is 16.3. The van der Waals surface area contributed by atoms with E-state index in [1.54, 1.807) is 19.2 Å². The van der Waals surface area contributed by atoms with E-state index < -0.39 is 0 Å². The zero-order chi connectivity index (χ0) is 15.5. The molecule has 0 radical (unpaired) electrons. The van der Waals surface area contributed by atoms with Crippen LogP contribution in [0.1, 0.15) is 5.56 Å². The Bertz CT molecular complexity index is 686. The average molecular weight is 299 g/mol. The molecule has 1 aliphatic heterocycles. The van der Waals surface area contributed by atoms with Crippen molar-refractivity contribution in [3.63, 3.8) is 0 Å². The van der Waals surface area contributed by atoms with Crippen molar-refractivity contribution >= 4 is 17.4 Å². The van der Waals surface area contributed by atoms with Crippen molar-refractivity contribution in [1.82, 2.24) is 4.98 Å². The highest BCUT2D eigenvalue weighted by Crippen LogP contribution is 2.31. The number of hydrogen-bond donors (Lipinski definition) is 2.